The monoisotopic (exact) mass is 589 g/mol. The van der Waals surface area contributed by atoms with Crippen molar-refractivity contribution in [3.63, 3.8) is 0 Å². The maximum absolute atomic E-state index is 12.0. The molecule has 17 heteroatoms. The zero-order chi connectivity index (χ0) is 30.4. The highest BCUT2D eigenvalue weighted by Gasteiger charge is 2.54. The molecule has 0 spiro atoms. The molecule has 10 atom stereocenters. The maximum Gasteiger partial charge on any atom is 0.303 e. The van der Waals surface area contributed by atoms with Crippen molar-refractivity contribution < 1.29 is 72.9 Å². The normalized spacial score (nSPS) is 33.3. The van der Waals surface area contributed by atoms with Crippen LogP contribution in [-0.4, -0.2) is 118 Å². The van der Waals surface area contributed by atoms with E-state index in [1.165, 1.54) is 12.1 Å². The average molecular weight is 590 g/mol. The predicted octanol–water partition coefficient (Wildman–Crippen LogP) is -1.69. The van der Waals surface area contributed by atoms with E-state index in [1.54, 1.807) is 0 Å². The highest BCUT2D eigenvalue weighted by molar-refractivity contribution is 5.68. The Bertz CT molecular complexity index is 1080. The van der Waals surface area contributed by atoms with E-state index in [0.717, 1.165) is 32.9 Å². The third-order valence-electron chi connectivity index (χ3n) is 6.07. The Morgan fingerprint density at radius 1 is 0.805 bits per heavy atom. The number of esters is 3. The van der Waals surface area contributed by atoms with Crippen LogP contribution in [0.4, 0.5) is 5.69 Å². The number of nitro benzene ring substituents is 1. The molecule has 3 rings (SSSR count). The van der Waals surface area contributed by atoms with Crippen LogP contribution >= 0.6 is 0 Å². The van der Waals surface area contributed by atoms with E-state index in [4.69, 9.17) is 33.2 Å². The first-order valence-corrected chi connectivity index (χ1v) is 12.3. The second-order valence-electron chi connectivity index (χ2n) is 9.16. The largest absolute Gasteiger partial charge is 0.461 e. The van der Waals surface area contributed by atoms with Crippen LogP contribution in [0, 0.1) is 10.1 Å². The van der Waals surface area contributed by atoms with E-state index in [0.29, 0.717) is 0 Å². The molecule has 41 heavy (non-hydrogen) atoms. The number of aliphatic hydroxyl groups excluding tert-OH is 4. The number of aliphatic hydroxyl groups is 4. The quantitative estimate of drug-likeness (QED) is 0.103. The molecule has 4 N–H and O–H groups in total. The van der Waals surface area contributed by atoms with E-state index in [1.807, 2.05) is 0 Å². The van der Waals surface area contributed by atoms with Gasteiger partial charge in [0.05, 0.1) is 18.1 Å². The van der Waals surface area contributed by atoms with Crippen LogP contribution in [0.15, 0.2) is 24.3 Å². The van der Waals surface area contributed by atoms with Gasteiger partial charge in [-0.15, -0.1) is 0 Å². The SMILES string of the molecule is CC(=O)O[C@@H]1[C@@H](OC(C)=O)[C@@H](Oc2ccc([N+](=O)[O-])cc2)O[C@H](CO[C@H]2O[C@H](CO)[C@@H](O)[C@H](O)[C@H]2O)[C@H]1OC(C)=O. The summed E-state index contributed by atoms with van der Waals surface area (Å²) in [5.41, 5.74) is -0.239. The van der Waals surface area contributed by atoms with Crippen molar-refractivity contribution in [1.29, 1.82) is 0 Å². The fraction of sp³-hybridized carbons (Fsp3) is 0.625. The summed E-state index contributed by atoms with van der Waals surface area (Å²) in [6, 6.07) is 4.77. The highest BCUT2D eigenvalue weighted by Crippen LogP contribution is 2.32. The van der Waals surface area contributed by atoms with Crippen LogP contribution in [0.3, 0.4) is 0 Å². The molecular formula is C24H31NO16. The summed E-state index contributed by atoms with van der Waals surface area (Å²) in [6.45, 7) is 1.87. The van der Waals surface area contributed by atoms with E-state index in [9.17, 15) is 44.9 Å². The molecule has 1 aromatic carbocycles. The van der Waals surface area contributed by atoms with Crippen molar-refractivity contribution in [2.24, 2.45) is 0 Å². The third-order valence-corrected chi connectivity index (χ3v) is 6.07. The number of nitro groups is 1. The lowest BCUT2D eigenvalue weighted by molar-refractivity contribution is -0.384. The third kappa shape index (κ3) is 8.07. The van der Waals surface area contributed by atoms with Gasteiger partial charge in [0.2, 0.25) is 12.4 Å². The van der Waals surface area contributed by atoms with Gasteiger partial charge in [-0.25, -0.2) is 0 Å². The lowest BCUT2D eigenvalue weighted by Gasteiger charge is -2.45. The zero-order valence-electron chi connectivity index (χ0n) is 22.1. The fourth-order valence-electron chi connectivity index (χ4n) is 4.26. The molecule has 0 saturated carbocycles. The van der Waals surface area contributed by atoms with E-state index >= 15 is 0 Å². The molecule has 228 valence electrons. The van der Waals surface area contributed by atoms with E-state index in [2.05, 4.69) is 0 Å². The lowest BCUT2D eigenvalue weighted by atomic mass is 9.97. The summed E-state index contributed by atoms with van der Waals surface area (Å²) in [7, 11) is 0. The summed E-state index contributed by atoms with van der Waals surface area (Å²) in [4.78, 5) is 46.3. The second kappa shape index (κ2) is 13.9. The van der Waals surface area contributed by atoms with Crippen molar-refractivity contribution in [2.75, 3.05) is 13.2 Å². The van der Waals surface area contributed by atoms with Gasteiger partial charge in [0.25, 0.3) is 5.69 Å². The molecule has 2 aliphatic heterocycles. The molecule has 2 heterocycles. The summed E-state index contributed by atoms with van der Waals surface area (Å²) in [5, 5.41) is 50.8. The van der Waals surface area contributed by atoms with Crippen LogP contribution in [0.5, 0.6) is 5.75 Å². The molecule has 2 saturated heterocycles. The van der Waals surface area contributed by atoms with Crippen LogP contribution < -0.4 is 4.74 Å². The Morgan fingerprint density at radius 3 is 1.88 bits per heavy atom. The minimum absolute atomic E-state index is 0.0267. The van der Waals surface area contributed by atoms with Gasteiger partial charge in [0, 0.05) is 32.9 Å². The standard InChI is InChI=1S/C24H31NO16/c1-10(27)36-20-16(9-35-23-19(32)18(31)17(30)15(8-26)40-23)41-24(22(38-12(3)29)21(20)37-11(2)28)39-14-6-4-13(5-7-14)25(33)34/h4-7,15-24,26,30-32H,8-9H2,1-3H3/t15-,16-,17-,18+,19-,20-,21+,22-,23+,24+/m1/s1. The number of carbonyl (C=O) groups excluding carboxylic acids is 3. The van der Waals surface area contributed by atoms with Gasteiger partial charge >= 0.3 is 17.9 Å². The van der Waals surface area contributed by atoms with Crippen molar-refractivity contribution in [2.45, 2.75) is 82.2 Å². The average Bonchev–Trinajstić information content (AvgIpc) is 2.90. The molecule has 0 bridgehead atoms. The molecular weight excluding hydrogens is 558 g/mol. The van der Waals surface area contributed by atoms with Crippen molar-refractivity contribution >= 4 is 23.6 Å². The topological polar surface area (TPSA) is 240 Å². The van der Waals surface area contributed by atoms with E-state index < -0.39 is 97.5 Å². The molecule has 2 aliphatic rings. The smallest absolute Gasteiger partial charge is 0.303 e. The van der Waals surface area contributed by atoms with Gasteiger partial charge in [-0.1, -0.05) is 0 Å². The van der Waals surface area contributed by atoms with Crippen molar-refractivity contribution in [3.05, 3.63) is 34.4 Å². The number of carbonyl (C=O) groups is 3. The molecule has 2 fully saturated rings. The Labute approximate surface area is 232 Å². The van der Waals surface area contributed by atoms with Gasteiger partial charge < -0.3 is 53.6 Å². The summed E-state index contributed by atoms with van der Waals surface area (Å²) >= 11 is 0. The summed E-state index contributed by atoms with van der Waals surface area (Å²) in [6.07, 6.45) is -15.5. The number of ether oxygens (including phenoxy) is 7. The molecule has 0 aromatic heterocycles. The van der Waals surface area contributed by atoms with Gasteiger partial charge in [0.15, 0.2) is 18.5 Å². The van der Waals surface area contributed by atoms with Gasteiger partial charge in [-0.2, -0.15) is 0 Å². The highest BCUT2D eigenvalue weighted by atomic mass is 16.7. The first kappa shape index (κ1) is 32.1. The molecule has 1 aromatic rings. The first-order valence-electron chi connectivity index (χ1n) is 12.3. The van der Waals surface area contributed by atoms with Crippen molar-refractivity contribution in [3.8, 4) is 5.75 Å². The number of hydrogen-bond acceptors (Lipinski definition) is 16. The fourth-order valence-corrected chi connectivity index (χ4v) is 4.26. The lowest BCUT2D eigenvalue weighted by Crippen LogP contribution is -2.64. The Balaban J connectivity index is 1.93. The van der Waals surface area contributed by atoms with Crippen molar-refractivity contribution in [1.82, 2.24) is 0 Å². The molecule has 0 aliphatic carbocycles. The number of hydrogen-bond donors (Lipinski definition) is 4. The van der Waals surface area contributed by atoms with Crippen LogP contribution in [0.1, 0.15) is 20.8 Å². The maximum atomic E-state index is 12.0. The van der Waals surface area contributed by atoms with Gasteiger partial charge in [-0.3, -0.25) is 24.5 Å². The van der Waals surface area contributed by atoms with E-state index in [-0.39, 0.29) is 11.4 Å². The Morgan fingerprint density at radius 2 is 1.34 bits per heavy atom. The van der Waals surface area contributed by atoms with Crippen LogP contribution in [-0.2, 0) is 42.8 Å². The Hall–Kier alpha value is -3.45. The molecule has 0 radical (unpaired) electrons. The summed E-state index contributed by atoms with van der Waals surface area (Å²) < 4.78 is 38.6. The molecule has 0 amide bonds. The first-order chi connectivity index (χ1) is 19.3. The molecule has 0 unspecified atom stereocenters. The number of rotatable bonds is 10. The number of nitrogens with zero attached hydrogens (tertiary/aromatic N) is 1. The molecule has 17 nitrogen and oxygen atoms in total. The van der Waals surface area contributed by atoms with Gasteiger partial charge in [0.1, 0.15) is 36.3 Å². The predicted molar refractivity (Wildman–Crippen MR) is 129 cm³/mol. The second-order valence-corrected chi connectivity index (χ2v) is 9.16. The summed E-state index contributed by atoms with van der Waals surface area (Å²) in [5.74, 6) is -2.51. The van der Waals surface area contributed by atoms with Crippen LogP contribution in [0.2, 0.25) is 0 Å². The minimum atomic E-state index is -1.77. The van der Waals surface area contributed by atoms with Gasteiger partial charge in [-0.05, 0) is 12.1 Å². The Kier molecular flexibility index (Phi) is 10.9. The zero-order valence-corrected chi connectivity index (χ0v) is 22.1. The van der Waals surface area contributed by atoms with Crippen LogP contribution in [0.25, 0.3) is 0 Å². The number of benzene rings is 1. The minimum Gasteiger partial charge on any atom is -0.461 e. The number of non-ortho nitro benzene ring substituents is 1.